The van der Waals surface area contributed by atoms with E-state index in [9.17, 15) is 4.79 Å². The highest BCUT2D eigenvalue weighted by Gasteiger charge is 2.17. The second kappa shape index (κ2) is 5.13. The smallest absolute Gasteiger partial charge is 0.312 e. The van der Waals surface area contributed by atoms with Crippen LogP contribution in [0.1, 0.15) is 26.5 Å². The Kier molecular flexibility index (Phi) is 3.71. The normalized spacial score (nSPS) is 11.6. The monoisotopic (exact) mass is 278 g/mol. The predicted molar refractivity (Wildman–Crippen MR) is 74.1 cm³/mol. The molecule has 0 saturated carbocycles. The molecule has 100 valence electrons. The van der Waals surface area contributed by atoms with Crippen LogP contribution in [0.4, 0.5) is 0 Å². The van der Waals surface area contributed by atoms with E-state index in [0.29, 0.717) is 10.8 Å². The molecule has 0 aliphatic carbocycles. The van der Waals surface area contributed by atoms with Gasteiger partial charge < -0.3 is 4.74 Å². The largest absolute Gasteiger partial charge is 0.460 e. The second-order valence-corrected chi connectivity index (χ2v) is 5.68. The highest BCUT2D eigenvalue weighted by molar-refractivity contribution is 6.30. The van der Waals surface area contributed by atoms with Crippen LogP contribution >= 0.6 is 11.6 Å². The van der Waals surface area contributed by atoms with Gasteiger partial charge in [0.15, 0.2) is 0 Å². The Hall–Kier alpha value is -1.68. The van der Waals surface area contributed by atoms with E-state index in [1.807, 2.05) is 26.8 Å². The van der Waals surface area contributed by atoms with Gasteiger partial charge in [0.05, 0.1) is 12.1 Å². The van der Waals surface area contributed by atoms with Crippen LogP contribution in [0, 0.1) is 0 Å². The summed E-state index contributed by atoms with van der Waals surface area (Å²) in [5.74, 6) is -0.290. The molecule has 0 saturated heterocycles. The van der Waals surface area contributed by atoms with Gasteiger partial charge in [-0.05, 0) is 32.9 Å². The van der Waals surface area contributed by atoms with Crippen molar-refractivity contribution in [2.75, 3.05) is 0 Å². The molecule has 19 heavy (non-hydrogen) atoms. The van der Waals surface area contributed by atoms with Crippen LogP contribution < -0.4 is 0 Å². The molecule has 0 spiro atoms. The third-order valence-electron chi connectivity index (χ3n) is 2.37. The van der Waals surface area contributed by atoms with E-state index in [0.717, 1.165) is 10.8 Å². The Morgan fingerprint density at radius 2 is 1.84 bits per heavy atom. The zero-order valence-corrected chi connectivity index (χ0v) is 11.9. The number of hydrogen-bond acceptors (Lipinski definition) is 4. The van der Waals surface area contributed by atoms with E-state index in [4.69, 9.17) is 16.3 Å². The first-order valence-corrected chi connectivity index (χ1v) is 6.33. The topological polar surface area (TPSA) is 52.1 Å². The summed E-state index contributed by atoms with van der Waals surface area (Å²) in [6, 6.07) is 3.56. The molecule has 0 fully saturated rings. The predicted octanol–water partition coefficient (Wildman–Crippen LogP) is 3.17. The number of esters is 1. The fourth-order valence-corrected chi connectivity index (χ4v) is 1.84. The zero-order chi connectivity index (χ0) is 14.0. The Labute approximate surface area is 116 Å². The summed E-state index contributed by atoms with van der Waals surface area (Å²) in [6.07, 6.45) is 3.50. The first-order valence-electron chi connectivity index (χ1n) is 5.95. The number of aromatic nitrogens is 2. The molecule has 2 rings (SSSR count). The van der Waals surface area contributed by atoms with Gasteiger partial charge in [-0.3, -0.25) is 9.78 Å². The van der Waals surface area contributed by atoms with Gasteiger partial charge in [-0.2, -0.15) is 0 Å². The SMILES string of the molecule is CC(C)(C)OC(=O)Cc1cc2cnc(Cl)cc2cn1. The van der Waals surface area contributed by atoms with Gasteiger partial charge in [0.2, 0.25) is 0 Å². The first-order chi connectivity index (χ1) is 8.83. The van der Waals surface area contributed by atoms with E-state index in [1.54, 1.807) is 18.5 Å². The van der Waals surface area contributed by atoms with Gasteiger partial charge in [-0.15, -0.1) is 0 Å². The van der Waals surface area contributed by atoms with Crippen molar-refractivity contribution in [3.8, 4) is 0 Å². The minimum Gasteiger partial charge on any atom is -0.460 e. The summed E-state index contributed by atoms with van der Waals surface area (Å²) in [6.45, 7) is 5.51. The van der Waals surface area contributed by atoms with Crippen molar-refractivity contribution >= 4 is 28.3 Å². The van der Waals surface area contributed by atoms with Gasteiger partial charge in [0.25, 0.3) is 0 Å². The number of halogens is 1. The molecule has 0 aliphatic heterocycles. The Morgan fingerprint density at radius 3 is 2.53 bits per heavy atom. The lowest BCUT2D eigenvalue weighted by Gasteiger charge is -2.19. The van der Waals surface area contributed by atoms with Crippen molar-refractivity contribution in [1.29, 1.82) is 0 Å². The lowest BCUT2D eigenvalue weighted by Crippen LogP contribution is -2.25. The maximum atomic E-state index is 11.7. The third kappa shape index (κ3) is 3.89. The van der Waals surface area contributed by atoms with Gasteiger partial charge in [0, 0.05) is 23.2 Å². The molecular weight excluding hydrogens is 264 g/mol. The second-order valence-electron chi connectivity index (χ2n) is 5.29. The lowest BCUT2D eigenvalue weighted by molar-refractivity contribution is -0.153. The maximum Gasteiger partial charge on any atom is 0.312 e. The minimum atomic E-state index is -0.483. The molecule has 0 atom stereocenters. The molecule has 0 radical (unpaired) electrons. The van der Waals surface area contributed by atoms with Crippen molar-refractivity contribution in [3.63, 3.8) is 0 Å². The number of carbonyl (C=O) groups is 1. The number of pyridine rings is 2. The van der Waals surface area contributed by atoms with Crippen LogP contribution in [0.15, 0.2) is 24.5 Å². The quantitative estimate of drug-likeness (QED) is 0.625. The standard InChI is InChI=1S/C14H15ClN2O2/c1-14(2,3)19-13(18)6-11-4-9-8-17-12(15)5-10(9)7-16-11/h4-5,7-8H,6H2,1-3H3. The molecule has 2 heterocycles. The summed E-state index contributed by atoms with van der Waals surface area (Å²) in [7, 11) is 0. The van der Waals surface area contributed by atoms with Crippen LogP contribution in [0.25, 0.3) is 10.8 Å². The van der Waals surface area contributed by atoms with E-state index in [2.05, 4.69) is 9.97 Å². The average Bonchev–Trinajstić information content (AvgIpc) is 2.26. The highest BCUT2D eigenvalue weighted by atomic mass is 35.5. The van der Waals surface area contributed by atoms with Crippen molar-refractivity contribution < 1.29 is 9.53 Å². The van der Waals surface area contributed by atoms with Crippen LogP contribution in [0.2, 0.25) is 5.15 Å². The van der Waals surface area contributed by atoms with E-state index < -0.39 is 5.60 Å². The first kappa shape index (κ1) is 13.7. The third-order valence-corrected chi connectivity index (χ3v) is 2.58. The summed E-state index contributed by atoms with van der Waals surface area (Å²) in [4.78, 5) is 20.0. The number of rotatable bonds is 2. The van der Waals surface area contributed by atoms with Gasteiger partial charge in [-0.1, -0.05) is 11.6 Å². The van der Waals surface area contributed by atoms with Crippen molar-refractivity contribution in [1.82, 2.24) is 9.97 Å². The Bertz CT molecular complexity index is 620. The number of fused-ring (bicyclic) bond motifs is 1. The van der Waals surface area contributed by atoms with Crippen molar-refractivity contribution in [2.45, 2.75) is 32.8 Å². The number of nitrogens with zero attached hydrogens (tertiary/aromatic N) is 2. The molecule has 0 amide bonds. The highest BCUT2D eigenvalue weighted by Crippen LogP contribution is 2.17. The number of ether oxygens (including phenoxy) is 1. The number of carbonyl (C=O) groups excluding carboxylic acids is 1. The van der Waals surface area contributed by atoms with Crippen LogP contribution in [-0.2, 0) is 16.0 Å². The molecule has 2 aromatic rings. The zero-order valence-electron chi connectivity index (χ0n) is 11.1. The number of hydrogen-bond donors (Lipinski definition) is 0. The van der Waals surface area contributed by atoms with E-state index in [1.165, 1.54) is 0 Å². The summed E-state index contributed by atoms with van der Waals surface area (Å²) in [5.41, 5.74) is 0.175. The summed E-state index contributed by atoms with van der Waals surface area (Å²) in [5, 5.41) is 2.22. The Balaban J connectivity index is 2.18. The maximum absolute atomic E-state index is 11.7. The summed E-state index contributed by atoms with van der Waals surface area (Å²) < 4.78 is 5.26. The van der Waals surface area contributed by atoms with Gasteiger partial charge in [-0.25, -0.2) is 4.98 Å². The van der Waals surface area contributed by atoms with E-state index in [-0.39, 0.29) is 12.4 Å². The molecule has 4 nitrogen and oxygen atoms in total. The molecule has 0 bridgehead atoms. The van der Waals surface area contributed by atoms with E-state index >= 15 is 0 Å². The molecule has 0 unspecified atom stereocenters. The fraction of sp³-hybridized carbons (Fsp3) is 0.357. The summed E-state index contributed by atoms with van der Waals surface area (Å²) >= 11 is 5.80. The Morgan fingerprint density at radius 1 is 1.21 bits per heavy atom. The van der Waals surface area contributed by atoms with Crippen LogP contribution in [-0.4, -0.2) is 21.5 Å². The lowest BCUT2D eigenvalue weighted by atomic mass is 10.1. The molecule has 5 heteroatoms. The van der Waals surface area contributed by atoms with Crippen molar-refractivity contribution in [3.05, 3.63) is 35.4 Å². The fourth-order valence-electron chi connectivity index (χ4n) is 1.68. The molecule has 0 aromatic carbocycles. The molecule has 0 N–H and O–H groups in total. The minimum absolute atomic E-state index is 0.149. The van der Waals surface area contributed by atoms with Crippen LogP contribution in [0.5, 0.6) is 0 Å². The average molecular weight is 279 g/mol. The van der Waals surface area contributed by atoms with Crippen LogP contribution in [0.3, 0.4) is 0 Å². The van der Waals surface area contributed by atoms with Gasteiger partial charge in [0.1, 0.15) is 10.8 Å². The molecule has 2 aromatic heterocycles. The molecule has 0 aliphatic rings. The van der Waals surface area contributed by atoms with Crippen molar-refractivity contribution in [2.24, 2.45) is 0 Å². The molecular formula is C14H15ClN2O2. The van der Waals surface area contributed by atoms with Gasteiger partial charge >= 0.3 is 5.97 Å².